The first-order valence-corrected chi connectivity index (χ1v) is 3.16. The van der Waals surface area contributed by atoms with Crippen molar-refractivity contribution >= 4 is 0 Å². The molecule has 1 aliphatic heterocycles. The van der Waals surface area contributed by atoms with Gasteiger partial charge in [0, 0.05) is 5.41 Å². The molecule has 0 saturated carbocycles. The van der Waals surface area contributed by atoms with Gasteiger partial charge >= 0.3 is 0 Å². The molecule has 0 aromatic carbocycles. The Bertz CT molecular complexity index is 91.1. The zero-order valence-electron chi connectivity index (χ0n) is 5.72. The van der Waals surface area contributed by atoms with Crippen molar-refractivity contribution in [1.82, 2.24) is 0 Å². The molecule has 0 atom stereocenters. The van der Waals surface area contributed by atoms with Crippen molar-refractivity contribution in [2.45, 2.75) is 13.3 Å². The topological polar surface area (TPSA) is 44.5 Å². The summed E-state index contributed by atoms with van der Waals surface area (Å²) in [6.45, 7) is 4.53. The molecule has 0 spiro atoms. The molecule has 0 amide bonds. The number of nitrogens with two attached hydrogens (primary N) is 1. The highest BCUT2D eigenvalue weighted by Gasteiger charge is 2.32. The summed E-state index contributed by atoms with van der Waals surface area (Å²) in [4.78, 5) is 4.46. The van der Waals surface area contributed by atoms with Crippen molar-refractivity contribution in [3.8, 4) is 0 Å². The lowest BCUT2D eigenvalue weighted by Gasteiger charge is -2.37. The maximum absolute atomic E-state index is 5.04. The Morgan fingerprint density at radius 2 is 2.33 bits per heavy atom. The third-order valence-electron chi connectivity index (χ3n) is 1.72. The first-order chi connectivity index (χ1) is 4.27. The minimum Gasteiger partial charge on any atom is -0.380 e. The van der Waals surface area contributed by atoms with Gasteiger partial charge in [-0.25, -0.2) is 5.90 Å². The smallest absolute Gasteiger partial charge is 0.0686 e. The average Bonchev–Trinajstić information content (AvgIpc) is 1.79. The second-order valence-corrected chi connectivity index (χ2v) is 2.92. The van der Waals surface area contributed by atoms with Gasteiger partial charge in [-0.2, -0.15) is 0 Å². The molecule has 1 saturated heterocycles. The van der Waals surface area contributed by atoms with Crippen molar-refractivity contribution in [2.75, 3.05) is 19.8 Å². The fourth-order valence-electron chi connectivity index (χ4n) is 0.900. The van der Waals surface area contributed by atoms with Gasteiger partial charge in [-0.05, 0) is 6.42 Å². The van der Waals surface area contributed by atoms with Gasteiger partial charge < -0.3 is 9.57 Å². The van der Waals surface area contributed by atoms with Crippen LogP contribution >= 0.6 is 0 Å². The maximum Gasteiger partial charge on any atom is 0.0686 e. The van der Waals surface area contributed by atoms with Crippen LogP contribution in [0, 0.1) is 5.41 Å². The van der Waals surface area contributed by atoms with E-state index in [-0.39, 0.29) is 0 Å². The molecule has 1 heterocycles. The van der Waals surface area contributed by atoms with E-state index in [0.717, 1.165) is 19.6 Å². The Morgan fingerprint density at radius 1 is 1.67 bits per heavy atom. The van der Waals surface area contributed by atoms with E-state index in [1.165, 1.54) is 0 Å². The van der Waals surface area contributed by atoms with Crippen LogP contribution in [0.1, 0.15) is 13.3 Å². The van der Waals surface area contributed by atoms with Crippen molar-refractivity contribution in [3.63, 3.8) is 0 Å². The van der Waals surface area contributed by atoms with Crippen molar-refractivity contribution in [2.24, 2.45) is 11.3 Å². The van der Waals surface area contributed by atoms with E-state index in [1.54, 1.807) is 0 Å². The van der Waals surface area contributed by atoms with Crippen molar-refractivity contribution in [3.05, 3.63) is 0 Å². The predicted molar refractivity (Wildman–Crippen MR) is 33.7 cm³/mol. The number of hydrogen-bond acceptors (Lipinski definition) is 3. The molecule has 1 fully saturated rings. The first kappa shape index (κ1) is 6.99. The highest BCUT2D eigenvalue weighted by Crippen LogP contribution is 2.29. The van der Waals surface area contributed by atoms with Gasteiger partial charge in [0.05, 0.1) is 19.8 Å². The molecule has 0 aliphatic carbocycles. The van der Waals surface area contributed by atoms with E-state index >= 15 is 0 Å². The van der Waals surface area contributed by atoms with Gasteiger partial charge in [-0.3, -0.25) is 0 Å². The Hall–Kier alpha value is -0.120. The van der Waals surface area contributed by atoms with E-state index in [2.05, 4.69) is 11.8 Å². The van der Waals surface area contributed by atoms with Crippen LogP contribution in [-0.4, -0.2) is 19.8 Å². The largest absolute Gasteiger partial charge is 0.380 e. The molecule has 3 nitrogen and oxygen atoms in total. The van der Waals surface area contributed by atoms with Gasteiger partial charge in [0.25, 0.3) is 0 Å². The van der Waals surface area contributed by atoms with Crippen LogP contribution in [0.2, 0.25) is 0 Å². The molecule has 0 aromatic heterocycles. The molecule has 1 aliphatic rings. The first-order valence-electron chi connectivity index (χ1n) is 3.16. The van der Waals surface area contributed by atoms with Crippen LogP contribution in [0.5, 0.6) is 0 Å². The molecule has 2 N–H and O–H groups in total. The van der Waals surface area contributed by atoms with Gasteiger partial charge in [-0.15, -0.1) is 0 Å². The molecule has 0 radical (unpaired) electrons. The number of ether oxygens (including phenoxy) is 1. The minimum absolute atomic E-state index is 0.347. The molecule has 0 aromatic rings. The normalized spacial score (nSPS) is 23.3. The quantitative estimate of drug-likeness (QED) is 0.560. The molecule has 54 valence electrons. The zero-order valence-corrected chi connectivity index (χ0v) is 5.72. The molecule has 0 unspecified atom stereocenters. The van der Waals surface area contributed by atoms with E-state index < -0.39 is 0 Å². The fraction of sp³-hybridized carbons (Fsp3) is 1.00. The second kappa shape index (κ2) is 2.64. The summed E-state index contributed by atoms with van der Waals surface area (Å²) in [7, 11) is 0. The Labute approximate surface area is 55.1 Å². The van der Waals surface area contributed by atoms with Crippen molar-refractivity contribution < 1.29 is 9.57 Å². The van der Waals surface area contributed by atoms with E-state index in [4.69, 9.17) is 10.6 Å². The van der Waals surface area contributed by atoms with Crippen LogP contribution in [0.25, 0.3) is 0 Å². The molecular weight excluding hydrogens is 118 g/mol. The summed E-state index contributed by atoms with van der Waals surface area (Å²) < 4.78 is 5.04. The highest BCUT2D eigenvalue weighted by molar-refractivity contribution is 4.79. The van der Waals surface area contributed by atoms with Crippen LogP contribution in [0.3, 0.4) is 0 Å². The third kappa shape index (κ3) is 1.64. The maximum atomic E-state index is 5.04. The monoisotopic (exact) mass is 131 g/mol. The summed E-state index contributed by atoms with van der Waals surface area (Å²) in [5, 5.41) is 0. The summed E-state index contributed by atoms with van der Waals surface area (Å²) in [5.74, 6) is 4.87. The van der Waals surface area contributed by atoms with Crippen LogP contribution in [0.15, 0.2) is 0 Å². The van der Waals surface area contributed by atoms with Gasteiger partial charge in [-0.1, -0.05) is 6.92 Å². The summed E-state index contributed by atoms with van der Waals surface area (Å²) in [6, 6.07) is 0. The van der Waals surface area contributed by atoms with E-state index in [0.29, 0.717) is 12.0 Å². The zero-order chi connectivity index (χ0) is 6.74. The number of hydrogen-bond donors (Lipinski definition) is 1. The van der Waals surface area contributed by atoms with Gasteiger partial charge in [0.15, 0.2) is 0 Å². The minimum atomic E-state index is 0.347. The second-order valence-electron chi connectivity index (χ2n) is 2.92. The fourth-order valence-corrected chi connectivity index (χ4v) is 0.900. The molecule has 0 bridgehead atoms. The molecular formula is C6H13NO2. The van der Waals surface area contributed by atoms with Crippen molar-refractivity contribution in [1.29, 1.82) is 0 Å². The van der Waals surface area contributed by atoms with E-state index in [9.17, 15) is 0 Å². The Kier molecular flexibility index (Phi) is 2.05. The van der Waals surface area contributed by atoms with Gasteiger partial charge in [0.1, 0.15) is 0 Å². The third-order valence-corrected chi connectivity index (χ3v) is 1.72. The van der Waals surface area contributed by atoms with Crippen LogP contribution in [0.4, 0.5) is 0 Å². The summed E-state index contributed by atoms with van der Waals surface area (Å²) >= 11 is 0. The molecule has 3 heteroatoms. The Morgan fingerprint density at radius 3 is 2.67 bits per heavy atom. The molecule has 9 heavy (non-hydrogen) atoms. The lowest BCUT2D eigenvalue weighted by molar-refractivity contribution is -0.114. The molecule has 1 rings (SSSR count). The summed E-state index contributed by atoms with van der Waals surface area (Å²) in [5.41, 5.74) is 0.347. The predicted octanol–water partition coefficient (Wildman–Crippen LogP) is 0.303. The van der Waals surface area contributed by atoms with E-state index in [1.807, 2.05) is 0 Å². The average molecular weight is 131 g/mol. The Balaban J connectivity index is 2.09. The van der Waals surface area contributed by atoms with Crippen LogP contribution in [-0.2, 0) is 9.57 Å². The van der Waals surface area contributed by atoms with Crippen LogP contribution < -0.4 is 5.90 Å². The van der Waals surface area contributed by atoms with Gasteiger partial charge in [0.2, 0.25) is 0 Å². The highest BCUT2D eigenvalue weighted by atomic mass is 16.6. The standard InChI is InChI=1S/C6H13NO2/c1-6(2-3-9-7)4-8-5-6/h2-5,7H2,1H3. The lowest BCUT2D eigenvalue weighted by atomic mass is 9.85. The lowest BCUT2D eigenvalue weighted by Crippen LogP contribution is -2.40. The SMILES string of the molecule is CC1(CCON)COC1. The number of rotatable bonds is 3. The summed E-state index contributed by atoms with van der Waals surface area (Å²) in [6.07, 6.45) is 1.00.